The number of pyridine rings is 1. The predicted molar refractivity (Wildman–Crippen MR) is 64.7 cm³/mol. The van der Waals surface area contributed by atoms with Crippen LogP contribution in [0.4, 0.5) is 0 Å². The summed E-state index contributed by atoms with van der Waals surface area (Å²) in [5, 5.41) is 0.542. The molecule has 1 atom stereocenters. The van der Waals surface area contributed by atoms with Crippen LogP contribution in [-0.2, 0) is 11.4 Å². The van der Waals surface area contributed by atoms with E-state index in [0.717, 1.165) is 5.56 Å². The average Bonchev–Trinajstić information content (AvgIpc) is 2.12. The summed E-state index contributed by atoms with van der Waals surface area (Å²) < 4.78 is 15.2. The summed E-state index contributed by atoms with van der Waals surface area (Å²) in [7, 11) is 0. The highest BCUT2D eigenvalue weighted by molar-refractivity contribution is 7.91. The first-order valence-electron chi connectivity index (χ1n) is 4.46. The summed E-state index contributed by atoms with van der Waals surface area (Å²) in [6, 6.07) is 1.72. The Morgan fingerprint density at radius 2 is 2.13 bits per heavy atom. The Hall–Kier alpha value is -0.580. The van der Waals surface area contributed by atoms with Crippen molar-refractivity contribution >= 4 is 29.2 Å². The van der Waals surface area contributed by atoms with Crippen molar-refractivity contribution in [1.82, 2.24) is 4.98 Å². The SMILES string of the molecule is CC(C)(C)[S+]([O-])N=Cc1cncc(Cl)c1. The fourth-order valence-corrected chi connectivity index (χ4v) is 1.48. The van der Waals surface area contributed by atoms with Gasteiger partial charge in [-0.05, 0) is 26.8 Å². The molecule has 15 heavy (non-hydrogen) atoms. The molecular weight excluding hydrogens is 232 g/mol. The molecule has 0 saturated heterocycles. The first-order valence-corrected chi connectivity index (χ1v) is 5.95. The van der Waals surface area contributed by atoms with Gasteiger partial charge < -0.3 is 4.55 Å². The molecule has 0 spiro atoms. The van der Waals surface area contributed by atoms with E-state index < -0.39 is 11.4 Å². The monoisotopic (exact) mass is 244 g/mol. The van der Waals surface area contributed by atoms with E-state index in [2.05, 4.69) is 9.38 Å². The lowest BCUT2D eigenvalue weighted by Crippen LogP contribution is -2.25. The summed E-state index contributed by atoms with van der Waals surface area (Å²) in [5.74, 6) is 0. The molecule has 0 N–H and O–H groups in total. The predicted octanol–water partition coefficient (Wildman–Crippen LogP) is 2.62. The first kappa shape index (κ1) is 12.5. The van der Waals surface area contributed by atoms with Gasteiger partial charge in [0.2, 0.25) is 0 Å². The zero-order chi connectivity index (χ0) is 11.5. The highest BCUT2D eigenvalue weighted by Crippen LogP contribution is 2.17. The molecular formula is C10H13ClN2OS. The molecule has 0 saturated carbocycles. The van der Waals surface area contributed by atoms with E-state index in [9.17, 15) is 4.55 Å². The number of hydrogen-bond acceptors (Lipinski definition) is 3. The molecule has 0 aliphatic heterocycles. The fraction of sp³-hybridized carbons (Fsp3) is 0.400. The van der Waals surface area contributed by atoms with Gasteiger partial charge in [0.15, 0.2) is 0 Å². The molecule has 0 aliphatic carbocycles. The summed E-state index contributed by atoms with van der Waals surface area (Å²) in [6.07, 6.45) is 4.69. The lowest BCUT2D eigenvalue weighted by atomic mass is 10.3. The molecule has 3 nitrogen and oxygen atoms in total. The number of hydrogen-bond donors (Lipinski definition) is 0. The van der Waals surface area contributed by atoms with Crippen LogP contribution in [0.25, 0.3) is 0 Å². The minimum Gasteiger partial charge on any atom is -0.591 e. The Kier molecular flexibility index (Phi) is 4.13. The molecule has 0 aliphatic rings. The van der Waals surface area contributed by atoms with Crippen molar-refractivity contribution in [3.8, 4) is 0 Å². The zero-order valence-electron chi connectivity index (χ0n) is 8.90. The third-order valence-electron chi connectivity index (χ3n) is 1.55. The second kappa shape index (κ2) is 4.96. The third-order valence-corrected chi connectivity index (χ3v) is 3.10. The number of rotatable bonds is 2. The van der Waals surface area contributed by atoms with Gasteiger partial charge >= 0.3 is 0 Å². The largest absolute Gasteiger partial charge is 0.591 e. The fourth-order valence-electron chi connectivity index (χ4n) is 0.766. The molecule has 1 rings (SSSR count). The van der Waals surface area contributed by atoms with Crippen LogP contribution in [0.1, 0.15) is 26.3 Å². The zero-order valence-corrected chi connectivity index (χ0v) is 10.5. The third kappa shape index (κ3) is 4.20. The van der Waals surface area contributed by atoms with Crippen molar-refractivity contribution in [3.63, 3.8) is 0 Å². The van der Waals surface area contributed by atoms with Gasteiger partial charge in [-0.15, -0.1) is 0 Å². The van der Waals surface area contributed by atoms with Crippen molar-refractivity contribution in [2.45, 2.75) is 25.5 Å². The van der Waals surface area contributed by atoms with E-state index in [1.165, 1.54) is 6.21 Å². The standard InChI is InChI=1S/C10H13ClN2OS/c1-10(2,3)15(14)13-6-8-4-9(11)7-12-5-8/h4-7H,1-3H3. The Morgan fingerprint density at radius 3 is 2.67 bits per heavy atom. The highest BCUT2D eigenvalue weighted by atomic mass is 35.5. The Bertz CT molecular complexity index is 363. The van der Waals surface area contributed by atoms with Crippen molar-refractivity contribution in [1.29, 1.82) is 0 Å². The first-order chi connectivity index (χ1) is 6.89. The molecule has 82 valence electrons. The maximum absolute atomic E-state index is 11.6. The Balaban J connectivity index is 2.74. The van der Waals surface area contributed by atoms with Crippen LogP contribution in [0, 0.1) is 0 Å². The van der Waals surface area contributed by atoms with Crippen molar-refractivity contribution in [2.75, 3.05) is 0 Å². The van der Waals surface area contributed by atoms with Crippen molar-refractivity contribution in [3.05, 3.63) is 29.0 Å². The van der Waals surface area contributed by atoms with Gasteiger partial charge in [0, 0.05) is 18.0 Å². The van der Waals surface area contributed by atoms with Crippen LogP contribution in [0.2, 0.25) is 5.02 Å². The van der Waals surface area contributed by atoms with Gasteiger partial charge in [-0.3, -0.25) is 4.98 Å². The van der Waals surface area contributed by atoms with Gasteiger partial charge in [-0.1, -0.05) is 16.0 Å². The highest BCUT2D eigenvalue weighted by Gasteiger charge is 2.25. The summed E-state index contributed by atoms with van der Waals surface area (Å²) >= 11 is 4.50. The van der Waals surface area contributed by atoms with Crippen LogP contribution in [0.3, 0.4) is 0 Å². The topological polar surface area (TPSA) is 48.3 Å². The molecule has 1 unspecified atom stereocenters. The lowest BCUT2D eigenvalue weighted by Gasteiger charge is -2.17. The van der Waals surface area contributed by atoms with E-state index >= 15 is 0 Å². The van der Waals surface area contributed by atoms with Crippen molar-refractivity contribution < 1.29 is 4.55 Å². The van der Waals surface area contributed by atoms with E-state index in [-0.39, 0.29) is 4.75 Å². The number of aromatic nitrogens is 1. The Morgan fingerprint density at radius 1 is 1.47 bits per heavy atom. The normalized spacial score (nSPS) is 14.5. The van der Waals surface area contributed by atoms with Gasteiger partial charge in [0.1, 0.15) is 16.1 Å². The van der Waals surface area contributed by atoms with E-state index in [1.807, 2.05) is 20.8 Å². The second-order valence-electron chi connectivity index (χ2n) is 4.03. The van der Waals surface area contributed by atoms with Gasteiger partial charge in [0.25, 0.3) is 0 Å². The van der Waals surface area contributed by atoms with Gasteiger partial charge in [-0.2, -0.15) is 0 Å². The minimum atomic E-state index is -1.25. The molecule has 1 aromatic heterocycles. The van der Waals surface area contributed by atoms with Crippen molar-refractivity contribution in [2.24, 2.45) is 4.40 Å². The molecule has 1 aromatic rings. The quantitative estimate of drug-likeness (QED) is 0.593. The van der Waals surface area contributed by atoms with Crippen LogP contribution in [0.15, 0.2) is 22.9 Å². The summed E-state index contributed by atoms with van der Waals surface area (Å²) in [6.45, 7) is 5.62. The van der Waals surface area contributed by atoms with Crippen LogP contribution in [0.5, 0.6) is 0 Å². The lowest BCUT2D eigenvalue weighted by molar-refractivity contribution is 0.562. The van der Waals surface area contributed by atoms with E-state index in [1.54, 1.807) is 18.5 Å². The molecule has 5 heteroatoms. The summed E-state index contributed by atoms with van der Waals surface area (Å²) in [5.41, 5.74) is 0.750. The average molecular weight is 245 g/mol. The molecule has 0 amide bonds. The van der Waals surface area contributed by atoms with Gasteiger partial charge in [-0.25, -0.2) is 0 Å². The second-order valence-corrected chi connectivity index (χ2v) is 6.40. The number of nitrogens with zero attached hydrogens (tertiary/aromatic N) is 2. The van der Waals surface area contributed by atoms with E-state index in [0.29, 0.717) is 5.02 Å². The van der Waals surface area contributed by atoms with E-state index in [4.69, 9.17) is 11.6 Å². The molecule has 0 radical (unpaired) electrons. The molecule has 0 fully saturated rings. The molecule has 0 bridgehead atoms. The van der Waals surface area contributed by atoms with Crippen LogP contribution < -0.4 is 0 Å². The van der Waals surface area contributed by atoms with Gasteiger partial charge in [0.05, 0.1) is 11.2 Å². The molecule has 1 heterocycles. The maximum Gasteiger partial charge on any atom is 0.144 e. The van der Waals surface area contributed by atoms with Crippen LogP contribution in [-0.4, -0.2) is 20.5 Å². The minimum absolute atomic E-state index is 0.345. The maximum atomic E-state index is 11.6. The Labute approximate surface area is 97.9 Å². The van der Waals surface area contributed by atoms with Crippen LogP contribution >= 0.6 is 11.6 Å². The summed E-state index contributed by atoms with van der Waals surface area (Å²) in [4.78, 5) is 3.90. The molecule has 0 aromatic carbocycles. The smallest absolute Gasteiger partial charge is 0.144 e. The number of halogens is 1.